The van der Waals surface area contributed by atoms with Crippen molar-refractivity contribution in [3.63, 3.8) is 0 Å². The molecule has 0 saturated carbocycles. The number of rotatable bonds is 16. The Hall–Kier alpha value is -4.11. The maximum atomic E-state index is 13.5. The van der Waals surface area contributed by atoms with Crippen LogP contribution in [-0.4, -0.2) is 61.1 Å². The van der Waals surface area contributed by atoms with E-state index in [1.807, 2.05) is 30.3 Å². The topological polar surface area (TPSA) is 94.5 Å². The molecule has 9 heteroatoms. The van der Waals surface area contributed by atoms with Gasteiger partial charge >= 0.3 is 12.1 Å². The minimum absolute atomic E-state index is 0.126. The first-order valence-electron chi connectivity index (χ1n) is 12.9. The summed E-state index contributed by atoms with van der Waals surface area (Å²) in [5.41, 5.74) is 0.807. The number of hydrogen-bond acceptors (Lipinski definition) is 6. The van der Waals surface area contributed by atoms with E-state index in [1.54, 1.807) is 31.2 Å². The second-order valence-corrected chi connectivity index (χ2v) is 8.66. The van der Waals surface area contributed by atoms with Crippen LogP contribution in [0.4, 0.5) is 9.18 Å². The number of hydrogen-bond donors (Lipinski definition) is 1. The zero-order chi connectivity index (χ0) is 27.9. The summed E-state index contributed by atoms with van der Waals surface area (Å²) in [5, 5.41) is 9.27. The van der Waals surface area contributed by atoms with Crippen LogP contribution < -0.4 is 14.2 Å². The molecule has 0 aliphatic rings. The number of ether oxygens (including phenoxy) is 4. The number of carbonyl (C=O) groups excluding carboxylic acids is 1. The molecule has 3 aromatic rings. The van der Waals surface area contributed by atoms with Gasteiger partial charge in [0.25, 0.3) is 0 Å². The standard InChI is InChI=1S/C30H34FNO7/c1-2-36-28(29(33)34)21-23-13-15-26(16-14-23)38-20-18-32(30(35)39-27-12-8-9-24(31)22-27)17-6-7-19-37-25-10-4-3-5-11-25/h3-5,8-16,22,28H,2,6-7,17-21H2,1H3,(H,33,34). The van der Waals surface area contributed by atoms with Crippen molar-refractivity contribution in [3.05, 3.63) is 90.2 Å². The smallest absolute Gasteiger partial charge is 0.415 e. The van der Waals surface area contributed by atoms with Crippen molar-refractivity contribution in [1.29, 1.82) is 0 Å². The van der Waals surface area contributed by atoms with Crippen molar-refractivity contribution in [3.8, 4) is 17.2 Å². The van der Waals surface area contributed by atoms with E-state index < -0.39 is 24.0 Å². The minimum Gasteiger partial charge on any atom is -0.494 e. The molecule has 0 heterocycles. The molecule has 0 bridgehead atoms. The first-order chi connectivity index (χ1) is 18.9. The van der Waals surface area contributed by atoms with Gasteiger partial charge in [-0.05, 0) is 61.7 Å². The van der Waals surface area contributed by atoms with E-state index in [0.717, 1.165) is 23.8 Å². The summed E-state index contributed by atoms with van der Waals surface area (Å²) in [7, 11) is 0. The largest absolute Gasteiger partial charge is 0.494 e. The van der Waals surface area contributed by atoms with E-state index in [9.17, 15) is 19.1 Å². The van der Waals surface area contributed by atoms with Gasteiger partial charge in [-0.1, -0.05) is 36.4 Å². The van der Waals surface area contributed by atoms with Crippen LogP contribution in [0, 0.1) is 5.82 Å². The van der Waals surface area contributed by atoms with Gasteiger partial charge in [0.1, 0.15) is 29.7 Å². The molecular weight excluding hydrogens is 505 g/mol. The Morgan fingerprint density at radius 1 is 0.846 bits per heavy atom. The molecule has 0 aromatic heterocycles. The van der Waals surface area contributed by atoms with Crippen LogP contribution in [0.5, 0.6) is 17.2 Å². The maximum absolute atomic E-state index is 13.5. The van der Waals surface area contributed by atoms with Gasteiger partial charge in [-0.25, -0.2) is 14.0 Å². The number of amides is 1. The highest BCUT2D eigenvalue weighted by molar-refractivity contribution is 5.72. The monoisotopic (exact) mass is 539 g/mol. The molecule has 0 aliphatic heterocycles. The molecule has 0 radical (unpaired) electrons. The molecule has 0 saturated heterocycles. The fourth-order valence-electron chi connectivity index (χ4n) is 3.73. The van der Waals surface area contributed by atoms with E-state index in [0.29, 0.717) is 31.9 Å². The molecule has 8 nitrogen and oxygen atoms in total. The van der Waals surface area contributed by atoms with Crippen LogP contribution in [0.3, 0.4) is 0 Å². The molecule has 39 heavy (non-hydrogen) atoms. The highest BCUT2D eigenvalue weighted by atomic mass is 19.1. The lowest BCUT2D eigenvalue weighted by atomic mass is 10.1. The lowest BCUT2D eigenvalue weighted by Crippen LogP contribution is -2.37. The summed E-state index contributed by atoms with van der Waals surface area (Å²) in [6, 6.07) is 22.0. The number of aliphatic carboxylic acids is 1. The first-order valence-corrected chi connectivity index (χ1v) is 12.9. The van der Waals surface area contributed by atoms with E-state index >= 15 is 0 Å². The molecule has 0 aliphatic carbocycles. The fourth-order valence-corrected chi connectivity index (χ4v) is 3.73. The van der Waals surface area contributed by atoms with E-state index in [-0.39, 0.29) is 25.3 Å². The highest BCUT2D eigenvalue weighted by Crippen LogP contribution is 2.16. The number of carbonyl (C=O) groups is 2. The first kappa shape index (κ1) is 29.4. The van der Waals surface area contributed by atoms with Crippen LogP contribution in [0.2, 0.25) is 0 Å². The van der Waals surface area contributed by atoms with Crippen LogP contribution in [0.1, 0.15) is 25.3 Å². The molecule has 1 unspecified atom stereocenters. The van der Waals surface area contributed by atoms with Gasteiger partial charge < -0.3 is 29.0 Å². The van der Waals surface area contributed by atoms with Crippen LogP contribution in [0.25, 0.3) is 0 Å². The van der Waals surface area contributed by atoms with Crippen LogP contribution in [-0.2, 0) is 16.0 Å². The van der Waals surface area contributed by atoms with Crippen molar-refractivity contribution in [2.45, 2.75) is 32.3 Å². The molecule has 0 fully saturated rings. The predicted octanol–water partition coefficient (Wildman–Crippen LogP) is 5.60. The summed E-state index contributed by atoms with van der Waals surface area (Å²) in [5.74, 6) is -0.00492. The third-order valence-electron chi connectivity index (χ3n) is 5.71. The van der Waals surface area contributed by atoms with Gasteiger partial charge in [0.15, 0.2) is 6.10 Å². The van der Waals surface area contributed by atoms with Gasteiger partial charge in [0.05, 0.1) is 13.2 Å². The number of benzene rings is 3. The normalized spacial score (nSPS) is 11.4. The fraction of sp³-hybridized carbons (Fsp3) is 0.333. The molecule has 3 rings (SSSR count). The van der Waals surface area contributed by atoms with E-state index in [2.05, 4.69) is 0 Å². The van der Waals surface area contributed by atoms with Crippen molar-refractivity contribution >= 4 is 12.1 Å². The molecule has 3 aromatic carbocycles. The number of carboxylic acid groups (broad SMARTS) is 1. The molecular formula is C30H34FNO7. The third-order valence-corrected chi connectivity index (χ3v) is 5.71. The summed E-state index contributed by atoms with van der Waals surface area (Å²) in [4.78, 5) is 25.7. The van der Waals surface area contributed by atoms with Gasteiger partial charge in [0.2, 0.25) is 0 Å². The highest BCUT2D eigenvalue weighted by Gasteiger charge is 2.18. The van der Waals surface area contributed by atoms with Crippen LogP contribution >= 0.6 is 0 Å². The zero-order valence-electron chi connectivity index (χ0n) is 22.0. The van der Waals surface area contributed by atoms with Crippen molar-refractivity contribution in [2.75, 3.05) is 32.9 Å². The number of carboxylic acids is 1. The van der Waals surface area contributed by atoms with Gasteiger partial charge in [-0.2, -0.15) is 0 Å². The molecule has 1 amide bonds. The third kappa shape index (κ3) is 10.6. The second kappa shape index (κ2) is 16.0. The van der Waals surface area contributed by atoms with Crippen molar-refractivity contribution < 1.29 is 38.0 Å². The minimum atomic E-state index is -1.01. The van der Waals surface area contributed by atoms with Crippen molar-refractivity contribution in [2.24, 2.45) is 0 Å². The Balaban J connectivity index is 1.51. The molecule has 208 valence electrons. The summed E-state index contributed by atoms with van der Waals surface area (Å²) >= 11 is 0. The lowest BCUT2D eigenvalue weighted by molar-refractivity contribution is -0.149. The maximum Gasteiger partial charge on any atom is 0.415 e. The average Bonchev–Trinajstić information content (AvgIpc) is 2.93. The Morgan fingerprint density at radius 3 is 2.23 bits per heavy atom. The average molecular weight is 540 g/mol. The molecule has 1 N–H and O–H groups in total. The number of nitrogens with zero attached hydrogens (tertiary/aromatic N) is 1. The van der Waals surface area contributed by atoms with E-state index in [1.165, 1.54) is 23.1 Å². The number of halogens is 1. The Morgan fingerprint density at radius 2 is 1.54 bits per heavy atom. The second-order valence-electron chi connectivity index (χ2n) is 8.66. The summed E-state index contributed by atoms with van der Waals surface area (Å²) < 4.78 is 35.7. The summed E-state index contributed by atoms with van der Waals surface area (Å²) in [6.07, 6.45) is 0.137. The molecule has 0 spiro atoms. The Kier molecular flexibility index (Phi) is 12.1. The Bertz CT molecular complexity index is 1160. The number of para-hydroxylation sites is 1. The van der Waals surface area contributed by atoms with Crippen LogP contribution in [0.15, 0.2) is 78.9 Å². The number of unbranched alkanes of at least 4 members (excludes halogenated alkanes) is 1. The summed E-state index contributed by atoms with van der Waals surface area (Å²) in [6.45, 7) is 3.43. The zero-order valence-corrected chi connectivity index (χ0v) is 22.0. The van der Waals surface area contributed by atoms with Gasteiger partial charge in [0, 0.05) is 25.6 Å². The van der Waals surface area contributed by atoms with Gasteiger partial charge in [-0.15, -0.1) is 0 Å². The van der Waals surface area contributed by atoms with E-state index in [4.69, 9.17) is 18.9 Å². The Labute approximate surface area is 227 Å². The van der Waals surface area contributed by atoms with Gasteiger partial charge in [-0.3, -0.25) is 0 Å². The lowest BCUT2D eigenvalue weighted by Gasteiger charge is -2.22. The quantitative estimate of drug-likeness (QED) is 0.237. The molecule has 1 atom stereocenters. The predicted molar refractivity (Wildman–Crippen MR) is 144 cm³/mol. The van der Waals surface area contributed by atoms with Crippen molar-refractivity contribution in [1.82, 2.24) is 4.90 Å². The SMILES string of the molecule is CCOC(Cc1ccc(OCCN(CCCCOc2ccccc2)C(=O)Oc2cccc(F)c2)cc1)C(=O)O.